The first-order chi connectivity index (χ1) is 10.1. The van der Waals surface area contributed by atoms with Gasteiger partial charge in [-0.05, 0) is 18.9 Å². The van der Waals surface area contributed by atoms with Crippen molar-refractivity contribution >= 4 is 5.69 Å². The van der Waals surface area contributed by atoms with Gasteiger partial charge in [0.05, 0.1) is 17.0 Å². The molecule has 1 aromatic rings. The largest absolute Gasteiger partial charge is 0.300 e. The Hall–Kier alpha value is -1.97. The van der Waals surface area contributed by atoms with E-state index in [0.717, 1.165) is 44.7 Å². The molecule has 1 heterocycles. The summed E-state index contributed by atoms with van der Waals surface area (Å²) in [6, 6.07) is 9.03. The zero-order valence-electron chi connectivity index (χ0n) is 12.2. The van der Waals surface area contributed by atoms with Gasteiger partial charge in [0.15, 0.2) is 0 Å². The second-order valence-corrected chi connectivity index (χ2v) is 5.36. The zero-order chi connectivity index (χ0) is 15.2. The van der Waals surface area contributed by atoms with Crippen molar-refractivity contribution in [2.24, 2.45) is 0 Å². The summed E-state index contributed by atoms with van der Waals surface area (Å²) in [6.45, 7) is 6.68. The first-order valence-corrected chi connectivity index (χ1v) is 7.19. The highest BCUT2D eigenvalue weighted by molar-refractivity contribution is 5.32. The normalized spacial score (nSPS) is 18.1. The first kappa shape index (κ1) is 15.4. The molecule has 6 nitrogen and oxygen atoms in total. The van der Waals surface area contributed by atoms with E-state index in [2.05, 4.69) is 15.9 Å². The molecule has 2 rings (SSSR count). The zero-order valence-corrected chi connectivity index (χ0v) is 12.2. The molecule has 1 atom stereocenters. The molecule has 1 aromatic carbocycles. The Morgan fingerprint density at radius 2 is 1.90 bits per heavy atom. The van der Waals surface area contributed by atoms with Crippen molar-refractivity contribution in [3.05, 3.63) is 39.9 Å². The van der Waals surface area contributed by atoms with E-state index in [1.165, 1.54) is 0 Å². The lowest BCUT2D eigenvalue weighted by Gasteiger charge is -2.35. The molecule has 0 radical (unpaired) electrons. The summed E-state index contributed by atoms with van der Waals surface area (Å²) in [7, 11) is 0. The monoisotopic (exact) mass is 288 g/mol. The van der Waals surface area contributed by atoms with Crippen molar-refractivity contribution in [1.82, 2.24) is 9.80 Å². The molecule has 1 saturated heterocycles. The first-order valence-electron chi connectivity index (χ1n) is 7.19. The number of non-ortho nitro benzene ring substituents is 1. The Labute approximate surface area is 124 Å². The number of nitro benzene ring substituents is 1. The number of nitro groups is 1. The van der Waals surface area contributed by atoms with Crippen LogP contribution in [0.5, 0.6) is 0 Å². The highest BCUT2D eigenvalue weighted by Gasteiger charge is 2.20. The van der Waals surface area contributed by atoms with Gasteiger partial charge in [0.2, 0.25) is 0 Å². The average Bonchev–Trinajstić information content (AvgIpc) is 2.53. The summed E-state index contributed by atoms with van der Waals surface area (Å²) >= 11 is 0. The third kappa shape index (κ3) is 4.25. The Bertz CT molecular complexity index is 515. The van der Waals surface area contributed by atoms with Gasteiger partial charge in [-0.2, -0.15) is 5.26 Å². The van der Waals surface area contributed by atoms with Crippen molar-refractivity contribution in [3.63, 3.8) is 0 Å². The van der Waals surface area contributed by atoms with Crippen LogP contribution < -0.4 is 0 Å². The van der Waals surface area contributed by atoms with E-state index in [1.807, 2.05) is 19.1 Å². The number of rotatable bonds is 5. The van der Waals surface area contributed by atoms with Gasteiger partial charge in [0.1, 0.15) is 0 Å². The van der Waals surface area contributed by atoms with Crippen LogP contribution in [0.2, 0.25) is 0 Å². The van der Waals surface area contributed by atoms with Crippen molar-refractivity contribution in [1.29, 1.82) is 5.26 Å². The summed E-state index contributed by atoms with van der Waals surface area (Å²) in [5.74, 6) is 0. The molecule has 0 aliphatic carbocycles. The fourth-order valence-corrected chi connectivity index (χ4v) is 2.53. The number of piperazine rings is 1. The van der Waals surface area contributed by atoms with Crippen LogP contribution in [0.3, 0.4) is 0 Å². The minimum Gasteiger partial charge on any atom is -0.300 e. The second kappa shape index (κ2) is 7.16. The van der Waals surface area contributed by atoms with E-state index in [1.54, 1.807) is 12.1 Å². The number of nitrogens with zero attached hydrogens (tertiary/aromatic N) is 4. The van der Waals surface area contributed by atoms with Gasteiger partial charge in [0, 0.05) is 44.9 Å². The van der Waals surface area contributed by atoms with Gasteiger partial charge in [-0.15, -0.1) is 0 Å². The Balaban J connectivity index is 1.77. The minimum atomic E-state index is -0.376. The van der Waals surface area contributed by atoms with Gasteiger partial charge >= 0.3 is 0 Å². The van der Waals surface area contributed by atoms with E-state index < -0.39 is 0 Å². The molecule has 0 aromatic heterocycles. The summed E-state index contributed by atoms with van der Waals surface area (Å²) in [5.41, 5.74) is 1.26. The molecule has 1 aliphatic heterocycles. The quantitative estimate of drug-likeness (QED) is 0.608. The molecular formula is C15H20N4O2. The maximum absolute atomic E-state index is 10.6. The predicted molar refractivity (Wildman–Crippen MR) is 79.9 cm³/mol. The van der Waals surface area contributed by atoms with Crippen LogP contribution in [-0.4, -0.2) is 53.5 Å². The number of nitriles is 1. The van der Waals surface area contributed by atoms with Crippen LogP contribution in [0.1, 0.15) is 12.5 Å². The van der Waals surface area contributed by atoms with E-state index in [9.17, 15) is 10.1 Å². The van der Waals surface area contributed by atoms with Crippen molar-refractivity contribution in [2.75, 3.05) is 32.7 Å². The molecule has 1 aliphatic rings. The molecule has 112 valence electrons. The topological polar surface area (TPSA) is 73.4 Å². The van der Waals surface area contributed by atoms with Crippen molar-refractivity contribution < 1.29 is 4.92 Å². The lowest BCUT2D eigenvalue weighted by Crippen LogP contribution is -2.49. The molecule has 21 heavy (non-hydrogen) atoms. The summed E-state index contributed by atoms with van der Waals surface area (Å²) < 4.78 is 0. The van der Waals surface area contributed by atoms with Crippen LogP contribution in [0, 0.1) is 21.4 Å². The van der Waals surface area contributed by atoms with E-state index in [0.29, 0.717) is 0 Å². The Morgan fingerprint density at radius 3 is 2.43 bits per heavy atom. The summed E-state index contributed by atoms with van der Waals surface area (Å²) in [6.07, 6.45) is 0.895. The molecule has 0 saturated carbocycles. The van der Waals surface area contributed by atoms with E-state index >= 15 is 0 Å². The molecule has 0 bridgehead atoms. The van der Waals surface area contributed by atoms with Crippen LogP contribution in [0.25, 0.3) is 0 Å². The van der Waals surface area contributed by atoms with Crippen LogP contribution in [0.4, 0.5) is 5.69 Å². The number of benzene rings is 1. The maximum Gasteiger partial charge on any atom is 0.269 e. The van der Waals surface area contributed by atoms with Gasteiger partial charge in [-0.1, -0.05) is 12.1 Å². The highest BCUT2D eigenvalue weighted by Crippen LogP contribution is 2.13. The van der Waals surface area contributed by atoms with Crippen molar-refractivity contribution in [3.8, 4) is 6.07 Å². The highest BCUT2D eigenvalue weighted by atomic mass is 16.6. The second-order valence-electron chi connectivity index (χ2n) is 5.36. The smallest absolute Gasteiger partial charge is 0.269 e. The standard InChI is InChI=1S/C15H20N4O2/c1-13(12-16)18-10-8-17(9-11-18)7-6-14-2-4-15(5-3-14)19(20)21/h2-5,13H,6-11H2,1H3. The third-order valence-corrected chi connectivity index (χ3v) is 4.01. The molecule has 0 N–H and O–H groups in total. The minimum absolute atomic E-state index is 0.0122. The van der Waals surface area contributed by atoms with Gasteiger partial charge in [-0.25, -0.2) is 0 Å². The molecule has 1 unspecified atom stereocenters. The number of hydrogen-bond donors (Lipinski definition) is 0. The third-order valence-electron chi connectivity index (χ3n) is 4.01. The predicted octanol–water partition coefficient (Wildman–Crippen LogP) is 1.67. The average molecular weight is 288 g/mol. The van der Waals surface area contributed by atoms with Crippen LogP contribution in [-0.2, 0) is 6.42 Å². The molecule has 6 heteroatoms. The maximum atomic E-state index is 10.6. The fraction of sp³-hybridized carbons (Fsp3) is 0.533. The van der Waals surface area contributed by atoms with Crippen LogP contribution >= 0.6 is 0 Å². The molecular weight excluding hydrogens is 268 g/mol. The summed E-state index contributed by atoms with van der Waals surface area (Å²) in [4.78, 5) is 14.8. The number of hydrogen-bond acceptors (Lipinski definition) is 5. The van der Waals surface area contributed by atoms with Gasteiger partial charge < -0.3 is 4.90 Å². The van der Waals surface area contributed by atoms with Gasteiger partial charge in [-0.3, -0.25) is 15.0 Å². The lowest BCUT2D eigenvalue weighted by atomic mass is 10.1. The van der Waals surface area contributed by atoms with E-state index in [-0.39, 0.29) is 16.7 Å². The molecule has 0 spiro atoms. The molecule has 1 fully saturated rings. The Kier molecular flexibility index (Phi) is 5.26. The molecule has 0 amide bonds. The van der Waals surface area contributed by atoms with Gasteiger partial charge in [0.25, 0.3) is 5.69 Å². The SMILES string of the molecule is CC(C#N)N1CCN(CCc2ccc([N+](=O)[O-])cc2)CC1. The Morgan fingerprint density at radius 1 is 1.29 bits per heavy atom. The summed E-state index contributed by atoms with van der Waals surface area (Å²) in [5, 5.41) is 19.5. The van der Waals surface area contributed by atoms with Crippen molar-refractivity contribution in [2.45, 2.75) is 19.4 Å². The van der Waals surface area contributed by atoms with E-state index in [4.69, 9.17) is 5.26 Å². The van der Waals surface area contributed by atoms with Crippen LogP contribution in [0.15, 0.2) is 24.3 Å². The fourth-order valence-electron chi connectivity index (χ4n) is 2.53. The lowest BCUT2D eigenvalue weighted by molar-refractivity contribution is -0.384.